The molecule has 2 nitrogen and oxygen atoms in total. The van der Waals surface area contributed by atoms with Gasteiger partial charge in [-0.3, -0.25) is 0 Å². The predicted molar refractivity (Wildman–Crippen MR) is 113 cm³/mol. The van der Waals surface area contributed by atoms with Gasteiger partial charge in [0.2, 0.25) is 0 Å². The Bertz CT molecular complexity index is 547. The molecule has 0 spiro atoms. The minimum absolute atomic E-state index is 0.554. The number of carbonyl (C=O) groups excluding carboxylic acids is 1. The van der Waals surface area contributed by atoms with Gasteiger partial charge in [0.1, 0.15) is 6.10 Å². The molecule has 0 atom stereocenters. The molecule has 0 saturated heterocycles. The van der Waals surface area contributed by atoms with Crippen LogP contribution in [0.2, 0.25) is 0 Å². The number of alkyl halides is 3. The van der Waals surface area contributed by atoms with E-state index in [0.717, 1.165) is 24.7 Å². The lowest BCUT2D eigenvalue weighted by atomic mass is 9.70. The summed E-state index contributed by atoms with van der Waals surface area (Å²) in [6, 6.07) is 0. The number of hydrogen-bond donors (Lipinski definition) is 0. The molecule has 3 rings (SSSR count). The second kappa shape index (κ2) is 11.0. The smallest absolute Gasteiger partial charge is 0.456 e. The number of ether oxygens (including phenoxy) is 1. The molecule has 0 heterocycles. The van der Waals surface area contributed by atoms with E-state index in [1.165, 1.54) is 64.2 Å². The molecular weight excluding hydrogens is 389 g/mol. The van der Waals surface area contributed by atoms with Crippen LogP contribution in [0.3, 0.4) is 0 Å². The minimum atomic E-state index is -4.88. The zero-order valence-electron chi connectivity index (χ0n) is 18.5. The van der Waals surface area contributed by atoms with Crippen LogP contribution in [0.15, 0.2) is 12.2 Å². The van der Waals surface area contributed by atoms with Crippen molar-refractivity contribution in [1.82, 2.24) is 0 Å². The molecule has 0 radical (unpaired) electrons. The molecule has 0 unspecified atom stereocenters. The van der Waals surface area contributed by atoms with Crippen molar-refractivity contribution >= 4 is 5.97 Å². The Kier molecular flexibility index (Phi) is 8.71. The van der Waals surface area contributed by atoms with E-state index in [-0.39, 0.29) is 0 Å². The SMILES string of the molecule is CCCC1CCC(/C=C/C2CCC(C3CCC(OC(=O)C(F)(F)F)CC3)CC2)CC1. The summed E-state index contributed by atoms with van der Waals surface area (Å²) >= 11 is 0. The summed E-state index contributed by atoms with van der Waals surface area (Å²) in [7, 11) is 0. The van der Waals surface area contributed by atoms with Crippen molar-refractivity contribution in [2.24, 2.45) is 29.6 Å². The Morgan fingerprint density at radius 3 is 1.73 bits per heavy atom. The van der Waals surface area contributed by atoms with Crippen LogP contribution in [-0.4, -0.2) is 18.2 Å². The first-order valence-corrected chi connectivity index (χ1v) is 12.3. The Labute approximate surface area is 180 Å². The second-order valence-corrected chi connectivity index (χ2v) is 10.1. The number of allylic oxidation sites excluding steroid dienone is 2. The lowest BCUT2D eigenvalue weighted by molar-refractivity contribution is -0.206. The predicted octanol–water partition coefficient (Wildman–Crippen LogP) is 7.62. The Morgan fingerprint density at radius 1 is 0.800 bits per heavy atom. The molecule has 3 saturated carbocycles. The first-order valence-electron chi connectivity index (χ1n) is 12.3. The fourth-order valence-corrected chi connectivity index (χ4v) is 6.10. The van der Waals surface area contributed by atoms with Gasteiger partial charge in [0, 0.05) is 0 Å². The van der Waals surface area contributed by atoms with Gasteiger partial charge >= 0.3 is 12.1 Å². The van der Waals surface area contributed by atoms with E-state index in [1.807, 2.05) is 0 Å². The molecule has 172 valence electrons. The normalized spacial score (nSPS) is 36.0. The van der Waals surface area contributed by atoms with Gasteiger partial charge in [-0.15, -0.1) is 0 Å². The summed E-state index contributed by atoms with van der Waals surface area (Å²) in [4.78, 5) is 11.0. The zero-order valence-corrected chi connectivity index (χ0v) is 18.5. The van der Waals surface area contributed by atoms with Crippen molar-refractivity contribution in [3.05, 3.63) is 12.2 Å². The van der Waals surface area contributed by atoms with Gasteiger partial charge < -0.3 is 4.74 Å². The Balaban J connectivity index is 1.33. The van der Waals surface area contributed by atoms with E-state index in [2.05, 4.69) is 23.8 Å². The number of hydrogen-bond acceptors (Lipinski definition) is 2. The molecule has 3 aliphatic rings. The third-order valence-corrected chi connectivity index (χ3v) is 7.95. The summed E-state index contributed by atoms with van der Waals surface area (Å²) in [6.45, 7) is 2.29. The number of carbonyl (C=O) groups is 1. The summed E-state index contributed by atoms with van der Waals surface area (Å²) in [5.74, 6) is 1.70. The third-order valence-electron chi connectivity index (χ3n) is 7.95. The van der Waals surface area contributed by atoms with E-state index < -0.39 is 18.2 Å². The molecule has 30 heavy (non-hydrogen) atoms. The molecule has 0 bridgehead atoms. The van der Waals surface area contributed by atoms with Crippen LogP contribution in [0.1, 0.15) is 96.8 Å². The number of rotatable bonds is 6. The van der Waals surface area contributed by atoms with Gasteiger partial charge in [0.25, 0.3) is 0 Å². The summed E-state index contributed by atoms with van der Waals surface area (Å²) in [6.07, 6.45) is 15.7. The van der Waals surface area contributed by atoms with Gasteiger partial charge in [-0.05, 0) is 107 Å². The highest BCUT2D eigenvalue weighted by Gasteiger charge is 2.43. The zero-order chi connectivity index (χ0) is 21.6. The van der Waals surface area contributed by atoms with E-state index >= 15 is 0 Å². The van der Waals surface area contributed by atoms with Crippen LogP contribution < -0.4 is 0 Å². The van der Waals surface area contributed by atoms with Crippen molar-refractivity contribution in [3.63, 3.8) is 0 Å². The average molecular weight is 429 g/mol. The second-order valence-electron chi connectivity index (χ2n) is 10.1. The van der Waals surface area contributed by atoms with Crippen LogP contribution in [-0.2, 0) is 9.53 Å². The first kappa shape index (κ1) is 23.7. The molecule has 0 N–H and O–H groups in total. The van der Waals surface area contributed by atoms with Gasteiger partial charge in [-0.25, -0.2) is 4.79 Å². The van der Waals surface area contributed by atoms with Crippen molar-refractivity contribution < 1.29 is 22.7 Å². The van der Waals surface area contributed by atoms with E-state index in [9.17, 15) is 18.0 Å². The largest absolute Gasteiger partial charge is 0.490 e. The maximum absolute atomic E-state index is 12.4. The summed E-state index contributed by atoms with van der Waals surface area (Å²) < 4.78 is 41.7. The highest BCUT2D eigenvalue weighted by Crippen LogP contribution is 2.41. The monoisotopic (exact) mass is 428 g/mol. The summed E-state index contributed by atoms with van der Waals surface area (Å²) in [5, 5.41) is 0. The number of esters is 1. The van der Waals surface area contributed by atoms with Crippen molar-refractivity contribution in [2.45, 2.75) is 109 Å². The average Bonchev–Trinajstić information content (AvgIpc) is 2.74. The van der Waals surface area contributed by atoms with Crippen molar-refractivity contribution in [2.75, 3.05) is 0 Å². The Hall–Kier alpha value is -1.00. The molecule has 0 aromatic heterocycles. The van der Waals surface area contributed by atoms with Gasteiger partial charge in [-0.1, -0.05) is 31.9 Å². The van der Waals surface area contributed by atoms with Crippen LogP contribution in [0.25, 0.3) is 0 Å². The van der Waals surface area contributed by atoms with E-state index in [0.29, 0.717) is 30.6 Å². The lowest BCUT2D eigenvalue weighted by Crippen LogP contribution is -2.34. The fourth-order valence-electron chi connectivity index (χ4n) is 6.10. The van der Waals surface area contributed by atoms with E-state index in [4.69, 9.17) is 0 Å². The number of halogens is 3. The molecular formula is C25H39F3O2. The molecule has 3 aliphatic carbocycles. The molecule has 0 amide bonds. The quantitative estimate of drug-likeness (QED) is 0.321. The van der Waals surface area contributed by atoms with E-state index in [1.54, 1.807) is 0 Å². The minimum Gasteiger partial charge on any atom is -0.456 e. The molecule has 0 aliphatic heterocycles. The standard InChI is InChI=1S/C25H39F3O2/c1-2-3-18-4-6-19(7-5-18)8-9-20-10-12-21(13-11-20)22-14-16-23(17-15-22)30-24(29)25(26,27)28/h8-9,18-23H,2-7,10-17H2,1H3/b9-8+. The molecule has 3 fully saturated rings. The first-order chi connectivity index (χ1) is 14.3. The lowest BCUT2D eigenvalue weighted by Gasteiger charge is -2.37. The van der Waals surface area contributed by atoms with Crippen LogP contribution in [0, 0.1) is 29.6 Å². The highest BCUT2D eigenvalue weighted by molar-refractivity contribution is 5.75. The Morgan fingerprint density at radius 2 is 1.27 bits per heavy atom. The fraction of sp³-hybridized carbons (Fsp3) is 0.880. The maximum Gasteiger partial charge on any atom is 0.490 e. The molecule has 0 aromatic rings. The molecule has 0 aromatic carbocycles. The van der Waals surface area contributed by atoms with Gasteiger partial charge in [0.05, 0.1) is 0 Å². The topological polar surface area (TPSA) is 26.3 Å². The van der Waals surface area contributed by atoms with Crippen molar-refractivity contribution in [1.29, 1.82) is 0 Å². The third kappa shape index (κ3) is 7.02. The van der Waals surface area contributed by atoms with Crippen LogP contribution in [0.5, 0.6) is 0 Å². The van der Waals surface area contributed by atoms with Crippen LogP contribution >= 0.6 is 0 Å². The molecule has 5 heteroatoms. The van der Waals surface area contributed by atoms with Crippen LogP contribution in [0.4, 0.5) is 13.2 Å². The van der Waals surface area contributed by atoms with Gasteiger partial charge in [-0.2, -0.15) is 13.2 Å². The van der Waals surface area contributed by atoms with Gasteiger partial charge in [0.15, 0.2) is 0 Å². The highest BCUT2D eigenvalue weighted by atomic mass is 19.4. The van der Waals surface area contributed by atoms with Crippen molar-refractivity contribution in [3.8, 4) is 0 Å². The maximum atomic E-state index is 12.4. The summed E-state index contributed by atoms with van der Waals surface area (Å²) in [5.41, 5.74) is 0.